The van der Waals surface area contributed by atoms with Gasteiger partial charge in [0, 0.05) is 24.5 Å². The van der Waals surface area contributed by atoms with Gasteiger partial charge in [-0.05, 0) is 42.2 Å². The fraction of sp³-hybridized carbons (Fsp3) is 0.333. The van der Waals surface area contributed by atoms with Gasteiger partial charge >= 0.3 is 0 Å². The number of rotatable bonds is 4. The average molecular weight is 322 g/mol. The van der Waals surface area contributed by atoms with Crippen molar-refractivity contribution < 1.29 is 8.42 Å². The predicted octanol–water partition coefficient (Wildman–Crippen LogP) is 2.45. The van der Waals surface area contributed by atoms with Crippen LogP contribution in [0.2, 0.25) is 0 Å². The summed E-state index contributed by atoms with van der Waals surface area (Å²) in [5.74, 6) is 0. The van der Waals surface area contributed by atoms with Crippen LogP contribution in [-0.2, 0) is 29.7 Å². The van der Waals surface area contributed by atoms with Crippen LogP contribution in [-0.4, -0.2) is 8.42 Å². The maximum Gasteiger partial charge on any atom is 0.250 e. The van der Waals surface area contributed by atoms with Crippen molar-refractivity contribution in [3.63, 3.8) is 0 Å². The van der Waals surface area contributed by atoms with Gasteiger partial charge in [-0.3, -0.25) is 0 Å². The van der Waals surface area contributed by atoms with E-state index in [1.165, 1.54) is 22.5 Å². The van der Waals surface area contributed by atoms with Crippen molar-refractivity contribution in [3.05, 3.63) is 51.4 Å². The summed E-state index contributed by atoms with van der Waals surface area (Å²) >= 11 is 1.32. The zero-order valence-electron chi connectivity index (χ0n) is 12.1. The molecule has 0 amide bonds. The quantitative estimate of drug-likeness (QED) is 0.909. The molecule has 1 aliphatic heterocycles. The first-order valence-electron chi connectivity index (χ1n) is 6.84. The summed E-state index contributed by atoms with van der Waals surface area (Å²) in [6.45, 7) is 5.84. The summed E-state index contributed by atoms with van der Waals surface area (Å²) in [7, 11) is -3.43. The Labute approximate surface area is 129 Å². The van der Waals surface area contributed by atoms with E-state index < -0.39 is 10.0 Å². The van der Waals surface area contributed by atoms with Gasteiger partial charge < -0.3 is 5.32 Å². The topological polar surface area (TPSA) is 58.2 Å². The van der Waals surface area contributed by atoms with E-state index in [1.807, 2.05) is 26.0 Å². The van der Waals surface area contributed by atoms with Crippen LogP contribution in [0.3, 0.4) is 0 Å². The Morgan fingerprint density at radius 2 is 1.95 bits per heavy atom. The number of nitrogens with one attached hydrogen (secondary N) is 2. The van der Waals surface area contributed by atoms with Crippen LogP contribution >= 0.6 is 11.3 Å². The highest BCUT2D eigenvalue weighted by Gasteiger charge is 2.19. The van der Waals surface area contributed by atoms with Gasteiger partial charge in [-0.2, -0.15) is 0 Å². The number of aryl methyl sites for hydroxylation is 2. The lowest BCUT2D eigenvalue weighted by molar-refractivity contribution is 0.583. The van der Waals surface area contributed by atoms with E-state index in [9.17, 15) is 8.42 Å². The van der Waals surface area contributed by atoms with Crippen molar-refractivity contribution in [1.82, 2.24) is 10.0 Å². The Balaban J connectivity index is 1.76. The van der Waals surface area contributed by atoms with Gasteiger partial charge in [0.15, 0.2) is 0 Å². The molecular formula is C15H18N2O2S2. The standard InChI is InChI=1S/C15H18N2O2S2/c1-10-5-11(2)20-15(10)21(18,19)17-7-12-3-4-13-8-16-9-14(13)6-12/h3-6,16-17H,7-9H2,1-2H3. The first kappa shape index (κ1) is 14.7. The van der Waals surface area contributed by atoms with Crippen molar-refractivity contribution in [3.8, 4) is 0 Å². The molecular weight excluding hydrogens is 304 g/mol. The van der Waals surface area contributed by atoms with Crippen molar-refractivity contribution in [2.45, 2.75) is 37.7 Å². The van der Waals surface area contributed by atoms with E-state index in [2.05, 4.69) is 22.2 Å². The number of thiophene rings is 1. The second-order valence-electron chi connectivity index (χ2n) is 5.36. The Bertz CT molecular complexity index is 779. The minimum absolute atomic E-state index is 0.325. The van der Waals surface area contributed by atoms with Gasteiger partial charge in [-0.25, -0.2) is 13.1 Å². The third-order valence-electron chi connectivity index (χ3n) is 3.61. The normalized spacial score (nSPS) is 14.4. The number of benzene rings is 1. The van der Waals surface area contributed by atoms with Crippen LogP contribution in [0.25, 0.3) is 0 Å². The molecule has 0 saturated carbocycles. The van der Waals surface area contributed by atoms with Crippen molar-refractivity contribution in [1.29, 1.82) is 0 Å². The van der Waals surface area contributed by atoms with Gasteiger partial charge in [-0.1, -0.05) is 18.2 Å². The second kappa shape index (κ2) is 5.53. The molecule has 21 heavy (non-hydrogen) atoms. The van der Waals surface area contributed by atoms with E-state index in [-0.39, 0.29) is 0 Å². The van der Waals surface area contributed by atoms with Crippen molar-refractivity contribution >= 4 is 21.4 Å². The van der Waals surface area contributed by atoms with Crippen LogP contribution < -0.4 is 10.0 Å². The Morgan fingerprint density at radius 1 is 1.19 bits per heavy atom. The molecule has 3 rings (SSSR count). The SMILES string of the molecule is Cc1cc(C)c(S(=O)(=O)NCc2ccc3c(c2)CNC3)s1. The van der Waals surface area contributed by atoms with Crippen molar-refractivity contribution in [2.24, 2.45) is 0 Å². The van der Waals surface area contributed by atoms with Gasteiger partial charge in [0.1, 0.15) is 4.21 Å². The summed E-state index contributed by atoms with van der Waals surface area (Å²) in [6, 6.07) is 8.03. The van der Waals surface area contributed by atoms with Gasteiger partial charge in [-0.15, -0.1) is 11.3 Å². The molecule has 0 atom stereocenters. The molecule has 0 bridgehead atoms. The predicted molar refractivity (Wildman–Crippen MR) is 84.8 cm³/mol. The lowest BCUT2D eigenvalue weighted by Crippen LogP contribution is -2.23. The van der Waals surface area contributed by atoms with Crippen LogP contribution in [0.5, 0.6) is 0 Å². The Kier molecular flexibility index (Phi) is 3.88. The van der Waals surface area contributed by atoms with Gasteiger partial charge in [0.25, 0.3) is 10.0 Å². The third-order valence-corrected chi connectivity index (χ3v) is 6.80. The van der Waals surface area contributed by atoms with Crippen LogP contribution in [0.15, 0.2) is 28.5 Å². The summed E-state index contributed by atoms with van der Waals surface area (Å²) in [5.41, 5.74) is 4.36. The van der Waals surface area contributed by atoms with Crippen LogP contribution in [0.1, 0.15) is 27.1 Å². The lowest BCUT2D eigenvalue weighted by atomic mass is 10.1. The highest BCUT2D eigenvalue weighted by molar-refractivity contribution is 7.91. The monoisotopic (exact) mass is 322 g/mol. The number of fused-ring (bicyclic) bond motifs is 1. The smallest absolute Gasteiger partial charge is 0.250 e. The number of hydrogen-bond donors (Lipinski definition) is 2. The van der Waals surface area contributed by atoms with Crippen LogP contribution in [0, 0.1) is 13.8 Å². The molecule has 1 aromatic heterocycles. The molecule has 0 unspecified atom stereocenters. The highest BCUT2D eigenvalue weighted by Crippen LogP contribution is 2.26. The molecule has 0 radical (unpaired) electrons. The number of sulfonamides is 1. The summed E-state index contributed by atoms with van der Waals surface area (Å²) in [4.78, 5) is 1.01. The summed E-state index contributed by atoms with van der Waals surface area (Å²) in [5, 5.41) is 3.29. The molecule has 0 spiro atoms. The summed E-state index contributed by atoms with van der Waals surface area (Å²) in [6.07, 6.45) is 0. The van der Waals surface area contributed by atoms with E-state index in [4.69, 9.17) is 0 Å². The first-order valence-corrected chi connectivity index (χ1v) is 9.14. The molecule has 0 aliphatic carbocycles. The summed E-state index contributed by atoms with van der Waals surface area (Å²) < 4.78 is 27.8. The third kappa shape index (κ3) is 3.03. The minimum Gasteiger partial charge on any atom is -0.309 e. The number of hydrogen-bond acceptors (Lipinski definition) is 4. The molecule has 0 saturated heterocycles. The average Bonchev–Trinajstić information content (AvgIpc) is 3.02. The second-order valence-corrected chi connectivity index (χ2v) is 8.58. The Hall–Kier alpha value is -1.21. The maximum atomic E-state index is 12.4. The molecule has 2 aromatic rings. The van der Waals surface area contributed by atoms with Crippen molar-refractivity contribution in [2.75, 3.05) is 0 Å². The zero-order valence-corrected chi connectivity index (χ0v) is 13.7. The highest BCUT2D eigenvalue weighted by atomic mass is 32.2. The zero-order chi connectivity index (χ0) is 15.0. The molecule has 0 fully saturated rings. The first-order chi connectivity index (χ1) is 9.95. The fourth-order valence-corrected chi connectivity index (χ4v) is 5.32. The molecule has 1 aliphatic rings. The lowest BCUT2D eigenvalue weighted by Gasteiger charge is -2.07. The molecule has 6 heteroatoms. The largest absolute Gasteiger partial charge is 0.309 e. The van der Waals surface area contributed by atoms with Gasteiger partial charge in [0.2, 0.25) is 0 Å². The van der Waals surface area contributed by atoms with Gasteiger partial charge in [0.05, 0.1) is 0 Å². The van der Waals surface area contributed by atoms with E-state index in [0.29, 0.717) is 10.8 Å². The maximum absolute atomic E-state index is 12.4. The Morgan fingerprint density at radius 3 is 2.67 bits per heavy atom. The van der Waals surface area contributed by atoms with E-state index >= 15 is 0 Å². The molecule has 2 N–H and O–H groups in total. The molecule has 1 aromatic carbocycles. The van der Waals surface area contributed by atoms with E-state index in [1.54, 1.807) is 0 Å². The molecule has 112 valence electrons. The van der Waals surface area contributed by atoms with E-state index in [0.717, 1.165) is 29.1 Å². The molecule has 2 heterocycles. The minimum atomic E-state index is -3.43. The molecule has 4 nitrogen and oxygen atoms in total. The fourth-order valence-electron chi connectivity index (χ4n) is 2.59. The van der Waals surface area contributed by atoms with Crippen LogP contribution in [0.4, 0.5) is 0 Å².